The van der Waals surface area contributed by atoms with E-state index >= 15 is 0 Å². The van der Waals surface area contributed by atoms with Gasteiger partial charge in [0.15, 0.2) is 4.96 Å². The highest BCUT2D eigenvalue weighted by atomic mass is 32.1. The monoisotopic (exact) mass is 357 g/mol. The highest BCUT2D eigenvalue weighted by molar-refractivity contribution is 7.15. The third-order valence-electron chi connectivity index (χ3n) is 3.51. The third kappa shape index (κ3) is 3.29. The Labute approximate surface area is 146 Å². The predicted octanol–water partition coefficient (Wildman–Crippen LogP) is 2.49. The van der Waals surface area contributed by atoms with E-state index < -0.39 is 17.4 Å². The zero-order chi connectivity index (χ0) is 18.0. The van der Waals surface area contributed by atoms with Gasteiger partial charge < -0.3 is 10.1 Å². The molecule has 1 amide bonds. The Morgan fingerprint density at radius 1 is 1.28 bits per heavy atom. The van der Waals surface area contributed by atoms with Crippen molar-refractivity contribution >= 4 is 33.9 Å². The number of nitrogens with one attached hydrogen (secondary N) is 1. The van der Waals surface area contributed by atoms with Crippen molar-refractivity contribution < 1.29 is 14.3 Å². The number of esters is 1. The molecule has 0 unspecified atom stereocenters. The summed E-state index contributed by atoms with van der Waals surface area (Å²) < 4.78 is 6.31. The molecule has 1 N–H and O–H groups in total. The molecule has 0 aliphatic rings. The van der Waals surface area contributed by atoms with Gasteiger partial charge in [0.2, 0.25) is 0 Å². The number of aromatic nitrogens is 2. The molecular formula is C17H15N3O4S. The number of carbonyl (C=O) groups is 2. The molecule has 0 saturated heterocycles. The Hall–Kier alpha value is -3.00. The highest BCUT2D eigenvalue weighted by Crippen LogP contribution is 2.13. The number of carbonyl (C=O) groups excluding carboxylic acids is 2. The standard InChI is InChI=1S/C17H15N3O4S/c1-3-24-16(23)11-4-6-12(7-5-11)19-14(21)13-8-18-17-20(15(13)22)10(2)9-25-17/h4-9H,3H2,1-2H3,(H,19,21). The van der Waals surface area contributed by atoms with Crippen LogP contribution in [0.25, 0.3) is 4.96 Å². The summed E-state index contributed by atoms with van der Waals surface area (Å²) >= 11 is 1.34. The fourth-order valence-electron chi connectivity index (χ4n) is 2.28. The van der Waals surface area contributed by atoms with Crippen molar-refractivity contribution in [2.75, 3.05) is 11.9 Å². The van der Waals surface area contributed by atoms with Crippen molar-refractivity contribution in [1.82, 2.24) is 9.38 Å². The van der Waals surface area contributed by atoms with Gasteiger partial charge in [0, 0.05) is 23.0 Å². The van der Waals surface area contributed by atoms with Gasteiger partial charge in [-0.2, -0.15) is 0 Å². The molecule has 128 valence electrons. The van der Waals surface area contributed by atoms with Gasteiger partial charge >= 0.3 is 5.97 Å². The van der Waals surface area contributed by atoms with Gasteiger partial charge in [0.1, 0.15) is 5.56 Å². The summed E-state index contributed by atoms with van der Waals surface area (Å²) in [7, 11) is 0. The molecular weight excluding hydrogens is 342 g/mol. The van der Waals surface area contributed by atoms with Crippen LogP contribution < -0.4 is 10.9 Å². The quantitative estimate of drug-likeness (QED) is 0.725. The lowest BCUT2D eigenvalue weighted by Crippen LogP contribution is -2.26. The molecule has 0 spiro atoms. The van der Waals surface area contributed by atoms with Gasteiger partial charge in [0.25, 0.3) is 11.5 Å². The van der Waals surface area contributed by atoms with Crippen molar-refractivity contribution in [3.05, 3.63) is 63.0 Å². The number of rotatable bonds is 4. The van der Waals surface area contributed by atoms with Gasteiger partial charge in [-0.15, -0.1) is 11.3 Å². The van der Waals surface area contributed by atoms with Crippen molar-refractivity contribution in [3.8, 4) is 0 Å². The molecule has 0 atom stereocenters. The first-order chi connectivity index (χ1) is 12.0. The number of aryl methyl sites for hydroxylation is 1. The van der Waals surface area contributed by atoms with Crippen LogP contribution in [0.15, 0.2) is 40.6 Å². The average Bonchev–Trinajstić information content (AvgIpc) is 2.98. The van der Waals surface area contributed by atoms with Crippen LogP contribution in [0.5, 0.6) is 0 Å². The number of hydrogen-bond acceptors (Lipinski definition) is 6. The van der Waals surface area contributed by atoms with Crippen LogP contribution in [0.3, 0.4) is 0 Å². The third-order valence-corrected chi connectivity index (χ3v) is 4.47. The lowest BCUT2D eigenvalue weighted by molar-refractivity contribution is 0.0526. The number of anilines is 1. The van der Waals surface area contributed by atoms with Crippen LogP contribution in [0, 0.1) is 6.92 Å². The van der Waals surface area contributed by atoms with Crippen LogP contribution in [-0.4, -0.2) is 27.9 Å². The zero-order valence-electron chi connectivity index (χ0n) is 13.6. The van der Waals surface area contributed by atoms with Crippen LogP contribution in [0.2, 0.25) is 0 Å². The predicted molar refractivity (Wildman–Crippen MR) is 94.4 cm³/mol. The molecule has 1 aromatic carbocycles. The number of fused-ring (bicyclic) bond motifs is 1. The van der Waals surface area contributed by atoms with Crippen LogP contribution >= 0.6 is 11.3 Å². The van der Waals surface area contributed by atoms with Gasteiger partial charge in [-0.25, -0.2) is 9.78 Å². The molecule has 7 nitrogen and oxygen atoms in total. The maximum absolute atomic E-state index is 12.5. The van der Waals surface area contributed by atoms with Gasteiger partial charge in [-0.3, -0.25) is 14.0 Å². The second-order valence-electron chi connectivity index (χ2n) is 5.22. The molecule has 25 heavy (non-hydrogen) atoms. The number of amides is 1. The number of ether oxygens (including phenoxy) is 1. The number of nitrogens with zero attached hydrogens (tertiary/aromatic N) is 2. The Bertz CT molecular complexity index is 1000. The van der Waals surface area contributed by atoms with Crippen LogP contribution in [0.4, 0.5) is 5.69 Å². The smallest absolute Gasteiger partial charge is 0.338 e. The molecule has 2 aromatic heterocycles. The summed E-state index contributed by atoms with van der Waals surface area (Å²) in [6, 6.07) is 6.24. The van der Waals surface area contributed by atoms with E-state index in [1.165, 1.54) is 21.9 Å². The first-order valence-corrected chi connectivity index (χ1v) is 8.43. The number of benzene rings is 1. The summed E-state index contributed by atoms with van der Waals surface area (Å²) in [6.07, 6.45) is 1.27. The van der Waals surface area contributed by atoms with Gasteiger partial charge in [-0.05, 0) is 38.1 Å². The van der Waals surface area contributed by atoms with E-state index in [-0.39, 0.29) is 5.56 Å². The topological polar surface area (TPSA) is 89.8 Å². The van der Waals surface area contributed by atoms with E-state index in [1.54, 1.807) is 43.5 Å². The molecule has 0 aliphatic heterocycles. The van der Waals surface area contributed by atoms with E-state index in [0.29, 0.717) is 22.8 Å². The van der Waals surface area contributed by atoms with Crippen molar-refractivity contribution in [1.29, 1.82) is 0 Å². The molecule has 2 heterocycles. The largest absolute Gasteiger partial charge is 0.462 e. The lowest BCUT2D eigenvalue weighted by atomic mass is 10.2. The molecule has 0 radical (unpaired) electrons. The van der Waals surface area contributed by atoms with E-state index in [4.69, 9.17) is 4.74 Å². The SMILES string of the molecule is CCOC(=O)c1ccc(NC(=O)c2cnc3scc(C)n3c2=O)cc1. The maximum Gasteiger partial charge on any atom is 0.338 e. The summed E-state index contributed by atoms with van der Waals surface area (Å²) in [4.78, 5) is 41.1. The van der Waals surface area contributed by atoms with Crippen molar-refractivity contribution in [2.24, 2.45) is 0 Å². The average molecular weight is 357 g/mol. The first kappa shape index (κ1) is 16.8. The Morgan fingerprint density at radius 3 is 2.68 bits per heavy atom. The zero-order valence-corrected chi connectivity index (χ0v) is 14.4. The summed E-state index contributed by atoms with van der Waals surface area (Å²) in [6.45, 7) is 3.80. The van der Waals surface area contributed by atoms with Gasteiger partial charge in [-0.1, -0.05) is 0 Å². The second-order valence-corrected chi connectivity index (χ2v) is 6.06. The molecule has 0 aliphatic carbocycles. The lowest BCUT2D eigenvalue weighted by Gasteiger charge is -2.06. The molecule has 3 rings (SSSR count). The summed E-state index contributed by atoms with van der Waals surface area (Å²) in [5, 5.41) is 4.44. The van der Waals surface area contributed by atoms with Gasteiger partial charge in [0.05, 0.1) is 12.2 Å². The molecule has 0 bridgehead atoms. The van der Waals surface area contributed by atoms with E-state index in [2.05, 4.69) is 10.3 Å². The Morgan fingerprint density at radius 2 is 2.00 bits per heavy atom. The molecule has 0 saturated carbocycles. The fraction of sp³-hybridized carbons (Fsp3) is 0.176. The van der Waals surface area contributed by atoms with E-state index in [9.17, 15) is 14.4 Å². The van der Waals surface area contributed by atoms with Crippen molar-refractivity contribution in [3.63, 3.8) is 0 Å². The number of thiazole rings is 1. The van der Waals surface area contributed by atoms with Crippen LogP contribution in [-0.2, 0) is 4.74 Å². The normalized spacial score (nSPS) is 10.6. The highest BCUT2D eigenvalue weighted by Gasteiger charge is 2.15. The summed E-state index contributed by atoms with van der Waals surface area (Å²) in [5.74, 6) is -0.984. The van der Waals surface area contributed by atoms with E-state index in [0.717, 1.165) is 5.69 Å². The molecule has 0 fully saturated rings. The van der Waals surface area contributed by atoms with Crippen molar-refractivity contribution in [2.45, 2.75) is 13.8 Å². The molecule has 8 heteroatoms. The maximum atomic E-state index is 12.5. The van der Waals surface area contributed by atoms with Crippen LogP contribution in [0.1, 0.15) is 33.3 Å². The Kier molecular flexibility index (Phi) is 4.62. The Balaban J connectivity index is 1.83. The molecule has 3 aromatic rings. The number of hydrogen-bond donors (Lipinski definition) is 1. The first-order valence-electron chi connectivity index (χ1n) is 7.55. The minimum atomic E-state index is -0.554. The summed E-state index contributed by atoms with van der Waals surface area (Å²) in [5.41, 5.74) is 1.12. The minimum absolute atomic E-state index is 0.0477. The second kappa shape index (κ2) is 6.86. The van der Waals surface area contributed by atoms with E-state index in [1.807, 2.05) is 0 Å². The fourth-order valence-corrected chi connectivity index (χ4v) is 3.11. The minimum Gasteiger partial charge on any atom is -0.462 e.